The number of amides is 2. The lowest BCUT2D eigenvalue weighted by molar-refractivity contribution is -0.156. The van der Waals surface area contributed by atoms with Crippen LogP contribution in [0.25, 0.3) is 0 Å². The summed E-state index contributed by atoms with van der Waals surface area (Å²) in [6.07, 6.45) is 2.94. The molecule has 2 aliphatic heterocycles. The number of hydrogen-bond donors (Lipinski definition) is 1. The van der Waals surface area contributed by atoms with E-state index >= 15 is 0 Å². The highest BCUT2D eigenvalue weighted by atomic mass is 32.2. The molecule has 146 valence electrons. The molecule has 3 rings (SSSR count). The topological polar surface area (TPSA) is 75.7 Å². The minimum atomic E-state index is -0.647. The zero-order chi connectivity index (χ0) is 19.4. The Kier molecular flexibility index (Phi) is 6.09. The monoisotopic (exact) mass is 390 g/mol. The molecule has 1 aromatic carbocycles. The van der Waals surface area contributed by atoms with E-state index in [-0.39, 0.29) is 24.5 Å². The molecule has 0 bridgehead atoms. The minimum absolute atomic E-state index is 0.0353. The van der Waals surface area contributed by atoms with E-state index in [2.05, 4.69) is 5.32 Å². The van der Waals surface area contributed by atoms with Crippen molar-refractivity contribution in [3.63, 3.8) is 0 Å². The quantitative estimate of drug-likeness (QED) is 0.724. The van der Waals surface area contributed by atoms with Crippen molar-refractivity contribution in [1.82, 2.24) is 10.2 Å². The molecule has 2 amide bonds. The van der Waals surface area contributed by atoms with Gasteiger partial charge in [-0.25, -0.2) is 4.79 Å². The number of esters is 1. The van der Waals surface area contributed by atoms with Crippen LogP contribution in [0, 0.1) is 0 Å². The maximum Gasteiger partial charge on any atom is 0.330 e. The average molecular weight is 391 g/mol. The number of nitrogens with one attached hydrogen (secondary N) is 1. The molecular formula is C20H26N2O4S. The first-order valence-corrected chi connectivity index (χ1v) is 10.4. The van der Waals surface area contributed by atoms with Crippen LogP contribution in [0.1, 0.15) is 45.1 Å². The molecule has 0 radical (unpaired) electrons. The van der Waals surface area contributed by atoms with Gasteiger partial charge < -0.3 is 15.0 Å². The molecule has 0 aliphatic carbocycles. The Morgan fingerprint density at radius 3 is 2.81 bits per heavy atom. The van der Waals surface area contributed by atoms with Gasteiger partial charge in [0.2, 0.25) is 5.91 Å². The number of ether oxygens (including phenoxy) is 1. The van der Waals surface area contributed by atoms with Crippen LogP contribution in [0.3, 0.4) is 0 Å². The summed E-state index contributed by atoms with van der Waals surface area (Å²) in [5, 5.41) is 2.81. The number of carbonyl (C=O) groups excluding carboxylic acids is 3. The van der Waals surface area contributed by atoms with Gasteiger partial charge in [-0.05, 0) is 25.3 Å². The Labute approximate surface area is 164 Å². The average Bonchev–Trinajstić information content (AvgIpc) is 3.20. The highest BCUT2D eigenvalue weighted by Gasteiger charge is 2.57. The molecule has 27 heavy (non-hydrogen) atoms. The summed E-state index contributed by atoms with van der Waals surface area (Å²) < 4.78 is 5.25. The van der Waals surface area contributed by atoms with Gasteiger partial charge in [-0.15, -0.1) is 11.8 Å². The van der Waals surface area contributed by atoms with Gasteiger partial charge in [-0.1, -0.05) is 43.7 Å². The Balaban J connectivity index is 1.65. The summed E-state index contributed by atoms with van der Waals surface area (Å²) >= 11 is 1.61. The van der Waals surface area contributed by atoms with Crippen LogP contribution >= 0.6 is 11.8 Å². The summed E-state index contributed by atoms with van der Waals surface area (Å²) in [6.45, 7) is 3.66. The molecule has 1 aromatic rings. The van der Waals surface area contributed by atoms with Crippen molar-refractivity contribution in [3.05, 3.63) is 35.9 Å². The first-order chi connectivity index (χ1) is 13.0. The van der Waals surface area contributed by atoms with E-state index in [1.165, 1.54) is 0 Å². The summed E-state index contributed by atoms with van der Waals surface area (Å²) in [7, 11) is 0. The maximum absolute atomic E-state index is 12.6. The first-order valence-electron chi connectivity index (χ1n) is 9.45. The van der Waals surface area contributed by atoms with Crippen LogP contribution in [-0.2, 0) is 24.0 Å². The highest BCUT2D eigenvalue weighted by Crippen LogP contribution is 2.54. The van der Waals surface area contributed by atoms with Crippen molar-refractivity contribution in [1.29, 1.82) is 0 Å². The van der Waals surface area contributed by atoms with E-state index in [0.717, 1.165) is 18.4 Å². The Bertz CT molecular complexity index is 711. The van der Waals surface area contributed by atoms with E-state index in [1.54, 1.807) is 16.7 Å². The van der Waals surface area contributed by atoms with Crippen LogP contribution in [0.5, 0.6) is 0 Å². The largest absolute Gasteiger partial charge is 0.454 e. The smallest absolute Gasteiger partial charge is 0.330 e. The van der Waals surface area contributed by atoms with Crippen molar-refractivity contribution in [2.24, 2.45) is 0 Å². The van der Waals surface area contributed by atoms with Crippen molar-refractivity contribution < 1.29 is 19.1 Å². The minimum Gasteiger partial charge on any atom is -0.454 e. The zero-order valence-electron chi connectivity index (χ0n) is 15.8. The van der Waals surface area contributed by atoms with Crippen molar-refractivity contribution in [3.8, 4) is 0 Å². The fourth-order valence-electron chi connectivity index (χ4n) is 3.87. The molecule has 7 heteroatoms. The molecule has 2 heterocycles. The van der Waals surface area contributed by atoms with Crippen LogP contribution < -0.4 is 5.32 Å². The number of benzene rings is 1. The molecule has 1 N–H and O–H groups in total. The summed E-state index contributed by atoms with van der Waals surface area (Å²) in [5.41, 5.74) is 1.03. The van der Waals surface area contributed by atoms with E-state index in [1.807, 2.05) is 44.2 Å². The highest BCUT2D eigenvalue weighted by molar-refractivity contribution is 8.00. The molecule has 2 fully saturated rings. The lowest BCUT2D eigenvalue weighted by Gasteiger charge is -2.33. The summed E-state index contributed by atoms with van der Waals surface area (Å²) in [6, 6.07) is 9.22. The van der Waals surface area contributed by atoms with Crippen LogP contribution in [0.15, 0.2) is 30.3 Å². The molecule has 0 aromatic heterocycles. The normalized spacial score (nSPS) is 25.2. The maximum atomic E-state index is 12.6. The number of nitrogens with zero attached hydrogens (tertiary/aromatic N) is 1. The van der Waals surface area contributed by atoms with Crippen LogP contribution in [0.2, 0.25) is 0 Å². The van der Waals surface area contributed by atoms with E-state index in [4.69, 9.17) is 4.74 Å². The van der Waals surface area contributed by atoms with Crippen molar-refractivity contribution in [2.45, 2.75) is 56.5 Å². The second kappa shape index (κ2) is 8.33. The molecule has 6 nitrogen and oxygen atoms in total. The predicted octanol–water partition coefficient (Wildman–Crippen LogP) is 2.43. The molecule has 0 saturated carbocycles. The van der Waals surface area contributed by atoms with Crippen LogP contribution in [0.4, 0.5) is 0 Å². The molecule has 0 unspecified atom stereocenters. The third-order valence-corrected chi connectivity index (χ3v) is 6.70. The van der Waals surface area contributed by atoms with Gasteiger partial charge >= 0.3 is 5.97 Å². The van der Waals surface area contributed by atoms with Crippen LogP contribution in [-0.4, -0.2) is 47.1 Å². The van der Waals surface area contributed by atoms with Gasteiger partial charge in [-0.3, -0.25) is 9.59 Å². The molecule has 2 aliphatic rings. The number of hydrogen-bond acceptors (Lipinski definition) is 5. The Morgan fingerprint density at radius 1 is 1.37 bits per heavy atom. The molecular weight excluding hydrogens is 364 g/mol. The lowest BCUT2D eigenvalue weighted by atomic mass is 10.0. The second-order valence-corrected chi connectivity index (χ2v) is 8.40. The second-order valence-electron chi connectivity index (χ2n) is 7.11. The first kappa shape index (κ1) is 19.7. The van der Waals surface area contributed by atoms with E-state index in [9.17, 15) is 14.4 Å². The molecule has 2 saturated heterocycles. The Morgan fingerprint density at radius 2 is 2.11 bits per heavy atom. The number of fused-ring (bicyclic) bond motifs is 1. The lowest BCUT2D eigenvalue weighted by Crippen LogP contribution is -2.47. The predicted molar refractivity (Wildman–Crippen MR) is 104 cm³/mol. The van der Waals surface area contributed by atoms with E-state index < -0.39 is 16.9 Å². The molecule has 3 atom stereocenters. The number of carbonyl (C=O) groups is 3. The standard InChI is InChI=1S/C20H26N2O4S/c1-3-7-14(2)21-17(23)12-26-19(25)16-13-27-20(11-10-18(24)22(16)20)15-8-5-4-6-9-15/h4-6,8-9,14,16H,3,7,10-13H2,1-2H3,(H,21,23)/t14-,16+,20-/m1/s1. The van der Waals surface area contributed by atoms with E-state index in [0.29, 0.717) is 18.6 Å². The molecule has 0 spiro atoms. The third-order valence-electron chi connectivity index (χ3n) is 5.10. The fourth-order valence-corrected chi connectivity index (χ4v) is 5.51. The van der Waals surface area contributed by atoms with Gasteiger partial charge in [0.25, 0.3) is 5.91 Å². The van der Waals surface area contributed by atoms with Crippen molar-refractivity contribution >= 4 is 29.5 Å². The fraction of sp³-hybridized carbons (Fsp3) is 0.550. The number of rotatable bonds is 7. The van der Waals surface area contributed by atoms with Crippen molar-refractivity contribution in [2.75, 3.05) is 12.4 Å². The number of thioether (sulfide) groups is 1. The SMILES string of the molecule is CCC[C@@H](C)NC(=O)COC(=O)[C@@H]1CS[C@@]2(c3ccccc3)CCC(=O)N12. The third kappa shape index (κ3) is 3.98. The Hall–Kier alpha value is -2.02. The van der Waals surface area contributed by atoms with Gasteiger partial charge in [-0.2, -0.15) is 0 Å². The summed E-state index contributed by atoms with van der Waals surface area (Å²) in [4.78, 5) is 38.3. The zero-order valence-corrected chi connectivity index (χ0v) is 16.6. The van der Waals surface area contributed by atoms with Gasteiger partial charge in [0.05, 0.1) is 0 Å². The summed E-state index contributed by atoms with van der Waals surface area (Å²) in [5.74, 6) is -0.370. The van der Waals surface area contributed by atoms with Gasteiger partial charge in [0.1, 0.15) is 10.9 Å². The van der Waals surface area contributed by atoms with Gasteiger partial charge in [0.15, 0.2) is 6.61 Å². The van der Waals surface area contributed by atoms with Gasteiger partial charge in [0, 0.05) is 18.2 Å².